The highest BCUT2D eigenvalue weighted by molar-refractivity contribution is 9.10. The number of amides is 2. The van der Waals surface area contributed by atoms with Gasteiger partial charge in [-0.2, -0.15) is 0 Å². The summed E-state index contributed by atoms with van der Waals surface area (Å²) in [6.07, 6.45) is 3.33. The fourth-order valence-corrected chi connectivity index (χ4v) is 4.87. The fraction of sp³-hybridized carbons (Fsp3) is 0.125. The Labute approximate surface area is 209 Å². The number of hydrogen-bond acceptors (Lipinski definition) is 6. The molecule has 1 aromatic heterocycles. The van der Waals surface area contributed by atoms with Crippen molar-refractivity contribution < 1.29 is 18.7 Å². The highest BCUT2D eigenvalue weighted by Crippen LogP contribution is 2.34. The molecule has 1 N–H and O–H groups in total. The Morgan fingerprint density at radius 3 is 2.85 bits per heavy atom. The molecule has 0 atom stereocenters. The molecule has 6 nitrogen and oxygen atoms in total. The molecule has 2 amide bonds. The van der Waals surface area contributed by atoms with Crippen LogP contribution in [0, 0.1) is 6.92 Å². The van der Waals surface area contributed by atoms with E-state index in [0.29, 0.717) is 27.3 Å². The second kappa shape index (κ2) is 10.4. The molecule has 0 saturated carbocycles. The van der Waals surface area contributed by atoms with Crippen molar-refractivity contribution in [2.24, 2.45) is 0 Å². The van der Waals surface area contributed by atoms with Gasteiger partial charge in [-0.15, -0.1) is 0 Å². The normalized spacial score (nSPS) is 14.7. The van der Waals surface area contributed by atoms with Crippen LogP contribution in [0.5, 0.6) is 5.75 Å². The van der Waals surface area contributed by atoms with Crippen molar-refractivity contribution in [3.05, 3.63) is 87.1 Å². The maximum atomic E-state index is 12.8. The molecule has 3 aromatic rings. The Kier molecular flexibility index (Phi) is 7.32. The third kappa shape index (κ3) is 5.93. The molecule has 2 aromatic carbocycles. The quantitative estimate of drug-likeness (QED) is 0.302. The summed E-state index contributed by atoms with van der Waals surface area (Å²) < 4.78 is 12.4. The van der Waals surface area contributed by atoms with Gasteiger partial charge in [0.2, 0.25) is 0 Å². The predicted octanol–water partition coefficient (Wildman–Crippen LogP) is 5.77. The first-order valence-electron chi connectivity index (χ1n) is 9.95. The van der Waals surface area contributed by atoms with Gasteiger partial charge in [0.05, 0.1) is 17.7 Å². The zero-order valence-electron chi connectivity index (χ0n) is 17.5. The van der Waals surface area contributed by atoms with E-state index in [4.69, 9.17) is 21.4 Å². The number of hydrogen-bond donors (Lipinski definition) is 1. The Morgan fingerprint density at radius 2 is 2.09 bits per heavy atom. The number of halogens is 1. The molecule has 4 rings (SSSR count). The molecule has 1 aliphatic rings. The van der Waals surface area contributed by atoms with Crippen LogP contribution in [0.25, 0.3) is 6.08 Å². The largest absolute Gasteiger partial charge is 0.484 e. The number of thioether (sulfide) groups is 1. The number of ether oxygens (including phenoxy) is 1. The Morgan fingerprint density at radius 1 is 1.24 bits per heavy atom. The van der Waals surface area contributed by atoms with Gasteiger partial charge in [0, 0.05) is 10.2 Å². The minimum Gasteiger partial charge on any atom is -0.484 e. The van der Waals surface area contributed by atoms with E-state index in [1.54, 1.807) is 36.6 Å². The molecule has 0 aliphatic carbocycles. The van der Waals surface area contributed by atoms with Gasteiger partial charge in [0.15, 0.2) is 6.61 Å². The SMILES string of the molecule is Cc1cc(Br)ccc1NC(=O)COc1cccc(/C=C2\SC(=S)N(Cc3ccco3)C2=O)c1. The number of carbonyl (C=O) groups excluding carboxylic acids is 2. The summed E-state index contributed by atoms with van der Waals surface area (Å²) in [4.78, 5) is 27.1. The lowest BCUT2D eigenvalue weighted by Gasteiger charge is -2.12. The van der Waals surface area contributed by atoms with Crippen LogP contribution in [0.4, 0.5) is 5.69 Å². The smallest absolute Gasteiger partial charge is 0.266 e. The summed E-state index contributed by atoms with van der Waals surface area (Å²) in [6, 6.07) is 16.4. The molecule has 2 heterocycles. The fourth-order valence-electron chi connectivity index (χ4n) is 3.14. The Hall–Kier alpha value is -2.88. The molecular weight excluding hydrogens is 524 g/mol. The second-order valence-electron chi connectivity index (χ2n) is 7.22. The van der Waals surface area contributed by atoms with Gasteiger partial charge in [-0.1, -0.05) is 52.0 Å². The summed E-state index contributed by atoms with van der Waals surface area (Å²) in [5, 5.41) is 2.84. The number of anilines is 1. The Balaban J connectivity index is 1.38. The number of rotatable bonds is 7. The molecule has 9 heteroatoms. The summed E-state index contributed by atoms with van der Waals surface area (Å²) >= 11 is 10.0. The summed E-state index contributed by atoms with van der Waals surface area (Å²) in [7, 11) is 0. The molecule has 168 valence electrons. The number of carbonyl (C=O) groups is 2. The van der Waals surface area contributed by atoms with Gasteiger partial charge in [-0.25, -0.2) is 0 Å². The third-order valence-corrected chi connectivity index (χ3v) is 6.63. The van der Waals surface area contributed by atoms with Gasteiger partial charge >= 0.3 is 0 Å². The number of nitrogens with zero attached hydrogens (tertiary/aromatic N) is 1. The first kappa shape index (κ1) is 23.3. The van der Waals surface area contributed by atoms with E-state index >= 15 is 0 Å². The summed E-state index contributed by atoms with van der Waals surface area (Å²) in [5.41, 5.74) is 2.45. The van der Waals surface area contributed by atoms with Gasteiger partial charge < -0.3 is 14.5 Å². The van der Waals surface area contributed by atoms with E-state index < -0.39 is 0 Å². The number of furan rings is 1. The molecule has 1 aliphatic heterocycles. The van der Waals surface area contributed by atoms with Crippen molar-refractivity contribution in [2.45, 2.75) is 13.5 Å². The molecule has 1 saturated heterocycles. The zero-order valence-corrected chi connectivity index (χ0v) is 20.8. The molecule has 0 unspecified atom stereocenters. The van der Waals surface area contributed by atoms with E-state index in [1.165, 1.54) is 16.7 Å². The van der Waals surface area contributed by atoms with Gasteiger partial charge in [0.25, 0.3) is 11.8 Å². The lowest BCUT2D eigenvalue weighted by atomic mass is 10.2. The standard InChI is InChI=1S/C24H19BrN2O4S2/c1-15-10-17(25)7-8-20(15)26-22(28)14-31-18-5-2-4-16(11-18)12-21-23(29)27(24(32)33-21)13-19-6-3-9-30-19/h2-12H,13-14H2,1H3,(H,26,28)/b21-12-. The highest BCUT2D eigenvalue weighted by atomic mass is 79.9. The second-order valence-corrected chi connectivity index (χ2v) is 9.81. The van der Waals surface area contributed by atoms with Crippen LogP contribution in [-0.2, 0) is 16.1 Å². The molecular formula is C24H19BrN2O4S2. The van der Waals surface area contributed by atoms with Crippen molar-refractivity contribution in [3.8, 4) is 5.75 Å². The lowest BCUT2D eigenvalue weighted by Crippen LogP contribution is -2.27. The lowest BCUT2D eigenvalue weighted by molar-refractivity contribution is -0.122. The van der Waals surface area contributed by atoms with Crippen molar-refractivity contribution in [2.75, 3.05) is 11.9 Å². The van der Waals surface area contributed by atoms with Crippen molar-refractivity contribution in [3.63, 3.8) is 0 Å². The maximum absolute atomic E-state index is 12.8. The first-order chi connectivity index (χ1) is 15.9. The van der Waals surface area contributed by atoms with E-state index in [9.17, 15) is 9.59 Å². The minimum atomic E-state index is -0.260. The van der Waals surface area contributed by atoms with Crippen LogP contribution in [-0.4, -0.2) is 27.6 Å². The van der Waals surface area contributed by atoms with E-state index in [2.05, 4.69) is 21.2 Å². The van der Waals surface area contributed by atoms with Crippen LogP contribution >= 0.6 is 39.9 Å². The average molecular weight is 543 g/mol. The van der Waals surface area contributed by atoms with E-state index in [1.807, 2.05) is 37.3 Å². The molecule has 1 fully saturated rings. The zero-order chi connectivity index (χ0) is 23.4. The minimum absolute atomic E-state index is 0.135. The van der Waals surface area contributed by atoms with Gasteiger partial charge in [-0.05, 0) is 66.6 Å². The number of aryl methyl sites for hydroxylation is 1. The first-order valence-corrected chi connectivity index (χ1v) is 12.0. The third-order valence-electron chi connectivity index (χ3n) is 4.76. The maximum Gasteiger partial charge on any atom is 0.266 e. The Bertz CT molecular complexity index is 1240. The van der Waals surface area contributed by atoms with Crippen LogP contribution in [0.1, 0.15) is 16.9 Å². The van der Waals surface area contributed by atoms with Crippen LogP contribution in [0.3, 0.4) is 0 Å². The van der Waals surface area contributed by atoms with Crippen LogP contribution in [0.2, 0.25) is 0 Å². The summed E-state index contributed by atoms with van der Waals surface area (Å²) in [6.45, 7) is 2.08. The van der Waals surface area contributed by atoms with Crippen molar-refractivity contribution >= 4 is 67.8 Å². The summed E-state index contributed by atoms with van der Waals surface area (Å²) in [5.74, 6) is 0.763. The highest BCUT2D eigenvalue weighted by Gasteiger charge is 2.32. The number of benzene rings is 2. The van der Waals surface area contributed by atoms with Crippen LogP contribution < -0.4 is 10.1 Å². The van der Waals surface area contributed by atoms with Gasteiger partial charge in [0.1, 0.15) is 15.8 Å². The molecule has 0 spiro atoms. The monoisotopic (exact) mass is 542 g/mol. The van der Waals surface area contributed by atoms with E-state index in [-0.39, 0.29) is 18.4 Å². The molecule has 0 bridgehead atoms. The average Bonchev–Trinajstić information content (AvgIpc) is 3.39. The van der Waals surface area contributed by atoms with Gasteiger partial charge in [-0.3, -0.25) is 14.5 Å². The topological polar surface area (TPSA) is 71.8 Å². The van der Waals surface area contributed by atoms with Crippen molar-refractivity contribution in [1.29, 1.82) is 0 Å². The number of thiocarbonyl (C=S) groups is 1. The van der Waals surface area contributed by atoms with Crippen molar-refractivity contribution in [1.82, 2.24) is 4.90 Å². The molecule has 33 heavy (non-hydrogen) atoms. The number of nitrogens with one attached hydrogen (secondary N) is 1. The predicted molar refractivity (Wildman–Crippen MR) is 137 cm³/mol. The van der Waals surface area contributed by atoms with Crippen LogP contribution in [0.15, 0.2) is 74.7 Å². The van der Waals surface area contributed by atoms with E-state index in [0.717, 1.165) is 21.3 Å². The molecule has 0 radical (unpaired) electrons.